The highest BCUT2D eigenvalue weighted by Gasteiger charge is 2.14. The molecular weight excluding hydrogens is 270 g/mol. The first kappa shape index (κ1) is 16.8. The Bertz CT molecular complexity index is 489. The molecule has 0 bridgehead atoms. The summed E-state index contributed by atoms with van der Waals surface area (Å²) >= 11 is 0. The van der Waals surface area contributed by atoms with Crippen LogP contribution in [0, 0.1) is 0 Å². The summed E-state index contributed by atoms with van der Waals surface area (Å²) in [5.41, 5.74) is 0.401. The van der Waals surface area contributed by atoms with Gasteiger partial charge in [0.05, 0.1) is 6.42 Å². The highest BCUT2D eigenvalue weighted by Crippen LogP contribution is 2.08. The van der Waals surface area contributed by atoms with E-state index < -0.39 is 11.7 Å². The average Bonchev–Trinajstić information content (AvgIpc) is 2.40. The molecule has 0 saturated carbocycles. The van der Waals surface area contributed by atoms with Crippen LogP contribution in [0.4, 0.5) is 4.79 Å². The van der Waals surface area contributed by atoms with Gasteiger partial charge in [0.2, 0.25) is 0 Å². The van der Waals surface area contributed by atoms with Gasteiger partial charge in [0.25, 0.3) is 0 Å². The summed E-state index contributed by atoms with van der Waals surface area (Å²) in [6.07, 6.45) is 2.41. The molecule has 0 atom stereocenters. The number of alkyl carbamates (subject to hydrolysis) is 1. The maximum Gasteiger partial charge on any atom is 0.411 e. The zero-order valence-electron chi connectivity index (χ0n) is 12.6. The van der Waals surface area contributed by atoms with Gasteiger partial charge >= 0.3 is 12.1 Å². The molecule has 0 saturated heterocycles. The number of amides is 1. The van der Waals surface area contributed by atoms with Crippen LogP contribution < -0.4 is 5.32 Å². The maximum absolute atomic E-state index is 11.4. The van der Waals surface area contributed by atoms with Crippen molar-refractivity contribution in [3.8, 4) is 0 Å². The predicted octanol–water partition coefficient (Wildman–Crippen LogP) is 3.16. The lowest BCUT2D eigenvalue weighted by molar-refractivity contribution is -0.153. The molecule has 1 aromatic carbocycles. The van der Waals surface area contributed by atoms with Crippen LogP contribution in [0.5, 0.6) is 0 Å². The van der Waals surface area contributed by atoms with Gasteiger partial charge in [-0.05, 0) is 26.3 Å². The van der Waals surface area contributed by atoms with Crippen molar-refractivity contribution in [1.29, 1.82) is 0 Å². The Labute approximate surface area is 124 Å². The summed E-state index contributed by atoms with van der Waals surface area (Å²) < 4.78 is 10.1. The Balaban J connectivity index is 2.21. The fourth-order valence-corrected chi connectivity index (χ4v) is 1.43. The summed E-state index contributed by atoms with van der Waals surface area (Å²) in [6.45, 7) is 5.60. The largest absolute Gasteiger partial charge is 0.460 e. The monoisotopic (exact) mass is 291 g/mol. The lowest BCUT2D eigenvalue weighted by atomic mass is 10.2. The minimum absolute atomic E-state index is 0.0935. The molecule has 0 fully saturated rings. The molecule has 0 radical (unpaired) electrons. The van der Waals surface area contributed by atoms with Gasteiger partial charge in [-0.2, -0.15) is 0 Å². The third-order valence-corrected chi connectivity index (χ3v) is 2.24. The van der Waals surface area contributed by atoms with Crippen LogP contribution >= 0.6 is 0 Å². The molecule has 1 amide bonds. The molecular formula is C16H21NO4. The minimum atomic E-state index is -0.570. The van der Waals surface area contributed by atoms with Crippen LogP contribution in [0.25, 0.3) is 0 Å². The fraction of sp³-hybridized carbons (Fsp3) is 0.375. The van der Waals surface area contributed by atoms with Gasteiger partial charge in [-0.25, -0.2) is 4.79 Å². The third-order valence-electron chi connectivity index (χ3n) is 2.24. The molecule has 1 N–H and O–H groups in total. The van der Waals surface area contributed by atoms with E-state index in [-0.39, 0.29) is 19.0 Å². The fourth-order valence-electron chi connectivity index (χ4n) is 1.43. The Morgan fingerprint density at radius 2 is 1.86 bits per heavy atom. The molecule has 0 aliphatic heterocycles. The number of ether oxygens (including phenoxy) is 2. The van der Waals surface area contributed by atoms with Gasteiger partial charge in [-0.1, -0.05) is 36.4 Å². The van der Waals surface area contributed by atoms with Crippen LogP contribution in [0.1, 0.15) is 32.8 Å². The van der Waals surface area contributed by atoms with Gasteiger partial charge in [0.15, 0.2) is 0 Å². The second kappa shape index (κ2) is 8.09. The Morgan fingerprint density at radius 3 is 2.48 bits per heavy atom. The van der Waals surface area contributed by atoms with Crippen molar-refractivity contribution in [2.45, 2.75) is 39.4 Å². The summed E-state index contributed by atoms with van der Waals surface area (Å²) in [6, 6.07) is 9.37. The van der Waals surface area contributed by atoms with E-state index in [1.807, 2.05) is 30.3 Å². The molecule has 0 heterocycles. The molecule has 5 heteroatoms. The van der Waals surface area contributed by atoms with Crippen LogP contribution in [-0.2, 0) is 20.9 Å². The van der Waals surface area contributed by atoms with E-state index in [1.165, 1.54) is 12.3 Å². The molecule has 114 valence electrons. The van der Waals surface area contributed by atoms with E-state index in [1.54, 1.807) is 20.8 Å². The van der Waals surface area contributed by atoms with Gasteiger partial charge < -0.3 is 9.47 Å². The second-order valence-electron chi connectivity index (χ2n) is 5.40. The van der Waals surface area contributed by atoms with E-state index in [9.17, 15) is 9.59 Å². The number of carbonyl (C=O) groups excluding carboxylic acids is 2. The van der Waals surface area contributed by atoms with Crippen molar-refractivity contribution < 1.29 is 19.1 Å². The Kier molecular flexibility index (Phi) is 6.46. The molecule has 5 nitrogen and oxygen atoms in total. The Morgan fingerprint density at radius 1 is 1.19 bits per heavy atom. The lowest BCUT2D eigenvalue weighted by Gasteiger charge is -2.18. The molecule has 0 aromatic heterocycles. The first-order valence-corrected chi connectivity index (χ1v) is 6.71. The normalized spacial score (nSPS) is 11.2. The first-order valence-electron chi connectivity index (χ1n) is 6.71. The number of hydrogen-bond donors (Lipinski definition) is 1. The molecule has 0 unspecified atom stereocenters. The zero-order valence-corrected chi connectivity index (χ0v) is 12.6. The summed E-state index contributed by atoms with van der Waals surface area (Å²) in [5, 5.41) is 2.42. The third kappa shape index (κ3) is 8.47. The standard InChI is InChI=1S/C16H21NO4/c1-16(2,3)21-14(18)10-7-11-17-15(19)20-12-13-8-5-4-6-9-13/h4-9,11H,10,12H2,1-3H3,(H,17,19)/b11-7+. The maximum atomic E-state index is 11.4. The molecule has 0 aliphatic rings. The van der Waals surface area contributed by atoms with Crippen molar-refractivity contribution in [3.63, 3.8) is 0 Å². The van der Waals surface area contributed by atoms with E-state index in [2.05, 4.69) is 5.32 Å². The number of hydrogen-bond acceptors (Lipinski definition) is 4. The smallest absolute Gasteiger partial charge is 0.411 e. The van der Waals surface area contributed by atoms with Gasteiger partial charge in [-0.3, -0.25) is 10.1 Å². The van der Waals surface area contributed by atoms with E-state index in [4.69, 9.17) is 9.47 Å². The van der Waals surface area contributed by atoms with Gasteiger partial charge in [0.1, 0.15) is 12.2 Å². The van der Waals surface area contributed by atoms with Gasteiger partial charge in [-0.15, -0.1) is 0 Å². The predicted molar refractivity (Wildman–Crippen MR) is 79.4 cm³/mol. The second-order valence-corrected chi connectivity index (χ2v) is 5.40. The van der Waals surface area contributed by atoms with Crippen molar-refractivity contribution in [2.24, 2.45) is 0 Å². The number of esters is 1. The highest BCUT2D eigenvalue weighted by atomic mass is 16.6. The number of carbonyl (C=O) groups is 2. The highest BCUT2D eigenvalue weighted by molar-refractivity contribution is 5.72. The van der Waals surface area contributed by atoms with Crippen molar-refractivity contribution in [1.82, 2.24) is 5.32 Å². The zero-order chi connectivity index (χ0) is 15.7. The van der Waals surface area contributed by atoms with Crippen LogP contribution in [-0.4, -0.2) is 17.7 Å². The van der Waals surface area contributed by atoms with Crippen LogP contribution in [0.2, 0.25) is 0 Å². The number of benzene rings is 1. The quantitative estimate of drug-likeness (QED) is 0.846. The summed E-state index contributed by atoms with van der Waals surface area (Å²) in [7, 11) is 0. The number of nitrogens with one attached hydrogen (secondary N) is 1. The minimum Gasteiger partial charge on any atom is -0.460 e. The van der Waals surface area contributed by atoms with E-state index >= 15 is 0 Å². The van der Waals surface area contributed by atoms with Crippen molar-refractivity contribution in [2.75, 3.05) is 0 Å². The van der Waals surface area contributed by atoms with Gasteiger partial charge in [0, 0.05) is 6.20 Å². The van der Waals surface area contributed by atoms with Crippen molar-refractivity contribution in [3.05, 3.63) is 48.2 Å². The number of rotatable bonds is 5. The van der Waals surface area contributed by atoms with E-state index in [0.717, 1.165) is 5.56 Å². The molecule has 1 aromatic rings. The topological polar surface area (TPSA) is 64.6 Å². The summed E-state index contributed by atoms with van der Waals surface area (Å²) in [5.74, 6) is -0.349. The lowest BCUT2D eigenvalue weighted by Crippen LogP contribution is -2.23. The van der Waals surface area contributed by atoms with E-state index in [0.29, 0.717) is 0 Å². The average molecular weight is 291 g/mol. The molecule has 1 rings (SSSR count). The molecule has 0 spiro atoms. The van der Waals surface area contributed by atoms with Crippen LogP contribution in [0.15, 0.2) is 42.6 Å². The van der Waals surface area contributed by atoms with Crippen LogP contribution in [0.3, 0.4) is 0 Å². The molecule has 21 heavy (non-hydrogen) atoms. The SMILES string of the molecule is CC(C)(C)OC(=O)C/C=C/NC(=O)OCc1ccccc1. The van der Waals surface area contributed by atoms with Crippen molar-refractivity contribution >= 4 is 12.1 Å². The molecule has 0 aliphatic carbocycles. The summed E-state index contributed by atoms with van der Waals surface area (Å²) in [4.78, 5) is 22.8. The first-order chi connectivity index (χ1) is 9.87. The Hall–Kier alpha value is -2.30.